The lowest BCUT2D eigenvalue weighted by molar-refractivity contribution is 0.112. The monoisotopic (exact) mass is 218 g/mol. The van der Waals surface area contributed by atoms with Gasteiger partial charge in [0.2, 0.25) is 0 Å². The fourth-order valence-corrected chi connectivity index (χ4v) is 1.55. The van der Waals surface area contributed by atoms with Gasteiger partial charge in [0.25, 0.3) is 0 Å². The minimum Gasteiger partial charge on any atom is -0.374 e. The molecule has 1 aromatic carbocycles. The average molecular weight is 218 g/mol. The molecule has 0 aliphatic heterocycles. The molecule has 1 aromatic rings. The van der Waals surface area contributed by atoms with Gasteiger partial charge in [-0.25, -0.2) is 0 Å². The summed E-state index contributed by atoms with van der Waals surface area (Å²) in [5.41, 5.74) is 1.29. The number of nitrogens with zero attached hydrogens (tertiary/aromatic N) is 2. The Bertz CT molecular complexity index is 392. The van der Waals surface area contributed by atoms with Crippen LogP contribution in [0.2, 0.25) is 0 Å². The lowest BCUT2D eigenvalue weighted by atomic mass is 10.2. The fourth-order valence-electron chi connectivity index (χ4n) is 1.55. The third kappa shape index (κ3) is 2.59. The van der Waals surface area contributed by atoms with Crippen molar-refractivity contribution in [3.05, 3.63) is 29.8 Å². The van der Waals surface area contributed by atoms with Gasteiger partial charge in [0, 0.05) is 11.3 Å². The first-order valence-corrected chi connectivity index (χ1v) is 5.01. The molecule has 2 atom stereocenters. The maximum Gasteiger partial charge on any atom is 0.150 e. The van der Waals surface area contributed by atoms with E-state index in [0.29, 0.717) is 5.56 Å². The standard InChI is InChI=1S/C12H14N2O2/c1-9(7-13)14(10(2)16)12-5-3-11(8-15)4-6-12/h3-6,8-10,16H,1-2H3. The Morgan fingerprint density at radius 3 is 2.31 bits per heavy atom. The van der Waals surface area contributed by atoms with Gasteiger partial charge in [-0.1, -0.05) is 0 Å². The number of nitriles is 1. The van der Waals surface area contributed by atoms with E-state index in [0.717, 1.165) is 12.0 Å². The Morgan fingerprint density at radius 1 is 1.38 bits per heavy atom. The molecule has 0 radical (unpaired) electrons. The molecule has 0 aliphatic rings. The van der Waals surface area contributed by atoms with Crippen molar-refractivity contribution < 1.29 is 9.90 Å². The number of rotatable bonds is 4. The van der Waals surface area contributed by atoms with Crippen molar-refractivity contribution in [1.29, 1.82) is 5.26 Å². The van der Waals surface area contributed by atoms with Crippen LogP contribution in [-0.4, -0.2) is 23.7 Å². The predicted molar refractivity (Wildman–Crippen MR) is 61.1 cm³/mol. The lowest BCUT2D eigenvalue weighted by Gasteiger charge is -2.29. The molecule has 0 heterocycles. The zero-order chi connectivity index (χ0) is 12.1. The molecule has 4 heteroatoms. The van der Waals surface area contributed by atoms with Gasteiger partial charge in [-0.3, -0.25) is 4.79 Å². The van der Waals surface area contributed by atoms with Crippen molar-refractivity contribution in [2.24, 2.45) is 0 Å². The zero-order valence-electron chi connectivity index (χ0n) is 9.29. The highest BCUT2D eigenvalue weighted by Gasteiger charge is 2.18. The van der Waals surface area contributed by atoms with Crippen LogP contribution in [0.15, 0.2) is 24.3 Å². The summed E-state index contributed by atoms with van der Waals surface area (Å²) < 4.78 is 0. The number of anilines is 1. The number of hydrogen-bond donors (Lipinski definition) is 1. The molecular formula is C12H14N2O2. The normalized spacial score (nSPS) is 13.6. The van der Waals surface area contributed by atoms with E-state index in [-0.39, 0.29) is 0 Å². The van der Waals surface area contributed by atoms with Gasteiger partial charge in [0.15, 0.2) is 0 Å². The van der Waals surface area contributed by atoms with E-state index in [4.69, 9.17) is 5.26 Å². The maximum absolute atomic E-state index is 10.5. The Hall–Kier alpha value is -1.86. The molecule has 0 amide bonds. The first kappa shape index (κ1) is 12.2. The van der Waals surface area contributed by atoms with Crippen molar-refractivity contribution in [2.45, 2.75) is 26.1 Å². The summed E-state index contributed by atoms with van der Waals surface area (Å²) in [6, 6.07) is 8.38. The molecule has 16 heavy (non-hydrogen) atoms. The second-order valence-electron chi connectivity index (χ2n) is 3.55. The van der Waals surface area contributed by atoms with Gasteiger partial charge in [-0.2, -0.15) is 5.26 Å². The van der Waals surface area contributed by atoms with Gasteiger partial charge < -0.3 is 10.0 Å². The molecule has 0 aliphatic carbocycles. The van der Waals surface area contributed by atoms with Gasteiger partial charge >= 0.3 is 0 Å². The summed E-state index contributed by atoms with van der Waals surface area (Å²) in [5.74, 6) is 0. The zero-order valence-corrected chi connectivity index (χ0v) is 9.29. The summed E-state index contributed by atoms with van der Waals surface area (Å²) >= 11 is 0. The van der Waals surface area contributed by atoms with Crippen molar-refractivity contribution >= 4 is 12.0 Å². The first-order valence-electron chi connectivity index (χ1n) is 5.01. The van der Waals surface area contributed by atoms with Crippen molar-refractivity contribution in [2.75, 3.05) is 4.90 Å². The Morgan fingerprint density at radius 2 is 1.94 bits per heavy atom. The molecule has 1 N–H and O–H groups in total. The molecule has 1 rings (SSSR count). The minimum absolute atomic E-state index is 0.429. The molecule has 2 unspecified atom stereocenters. The Kier molecular flexibility index (Phi) is 4.03. The smallest absolute Gasteiger partial charge is 0.150 e. The third-order valence-corrected chi connectivity index (χ3v) is 2.33. The maximum atomic E-state index is 10.5. The van der Waals surface area contributed by atoms with Gasteiger partial charge in [0.05, 0.1) is 6.07 Å². The summed E-state index contributed by atoms with van der Waals surface area (Å²) in [6.45, 7) is 3.31. The molecule has 0 bridgehead atoms. The summed E-state index contributed by atoms with van der Waals surface area (Å²) in [7, 11) is 0. The van der Waals surface area contributed by atoms with Crippen LogP contribution in [0.3, 0.4) is 0 Å². The third-order valence-electron chi connectivity index (χ3n) is 2.33. The van der Waals surface area contributed by atoms with Crippen LogP contribution in [0.1, 0.15) is 24.2 Å². The van der Waals surface area contributed by atoms with Gasteiger partial charge in [-0.05, 0) is 38.1 Å². The first-order chi connectivity index (χ1) is 7.60. The number of aliphatic hydroxyl groups is 1. The second-order valence-corrected chi connectivity index (χ2v) is 3.55. The quantitative estimate of drug-likeness (QED) is 0.615. The van der Waals surface area contributed by atoms with Crippen molar-refractivity contribution in [3.63, 3.8) is 0 Å². The van der Waals surface area contributed by atoms with Gasteiger partial charge in [-0.15, -0.1) is 0 Å². The summed E-state index contributed by atoms with van der Waals surface area (Å²) in [4.78, 5) is 12.1. The molecule has 0 saturated carbocycles. The van der Waals surface area contributed by atoms with E-state index in [1.165, 1.54) is 0 Å². The van der Waals surface area contributed by atoms with E-state index >= 15 is 0 Å². The molecule has 0 fully saturated rings. The molecule has 0 saturated heterocycles. The van der Waals surface area contributed by atoms with Crippen LogP contribution in [-0.2, 0) is 0 Å². The highest BCUT2D eigenvalue weighted by Crippen LogP contribution is 2.19. The van der Waals surface area contributed by atoms with E-state index < -0.39 is 12.3 Å². The predicted octanol–water partition coefficient (Wildman–Crippen LogP) is 1.56. The number of hydrogen-bond acceptors (Lipinski definition) is 4. The molecular weight excluding hydrogens is 204 g/mol. The molecule has 0 aromatic heterocycles. The van der Waals surface area contributed by atoms with Crippen molar-refractivity contribution in [3.8, 4) is 6.07 Å². The van der Waals surface area contributed by atoms with Crippen LogP contribution in [0.5, 0.6) is 0 Å². The average Bonchev–Trinajstić information content (AvgIpc) is 2.29. The fraction of sp³-hybridized carbons (Fsp3) is 0.333. The SMILES string of the molecule is CC(O)N(c1ccc(C=O)cc1)C(C)C#N. The Balaban J connectivity index is 3.02. The van der Waals surface area contributed by atoms with Crippen LogP contribution < -0.4 is 4.90 Å². The molecule has 0 spiro atoms. The van der Waals surface area contributed by atoms with Crippen molar-refractivity contribution in [1.82, 2.24) is 0 Å². The van der Waals surface area contributed by atoms with Gasteiger partial charge in [0.1, 0.15) is 18.6 Å². The number of benzene rings is 1. The summed E-state index contributed by atoms with van der Waals surface area (Å²) in [5, 5.41) is 18.5. The Labute approximate surface area is 94.7 Å². The topological polar surface area (TPSA) is 64.3 Å². The van der Waals surface area contributed by atoms with Crippen LogP contribution in [0.25, 0.3) is 0 Å². The molecule has 84 valence electrons. The van der Waals surface area contributed by atoms with Crippen LogP contribution in [0, 0.1) is 11.3 Å². The highest BCUT2D eigenvalue weighted by molar-refractivity contribution is 5.75. The van der Waals surface area contributed by atoms with Crippen LogP contribution in [0.4, 0.5) is 5.69 Å². The van der Waals surface area contributed by atoms with E-state index in [1.807, 2.05) is 0 Å². The number of carbonyl (C=O) groups excluding carboxylic acids is 1. The van der Waals surface area contributed by atoms with E-state index in [2.05, 4.69) is 6.07 Å². The van der Waals surface area contributed by atoms with Crippen LogP contribution >= 0.6 is 0 Å². The highest BCUT2D eigenvalue weighted by atomic mass is 16.3. The largest absolute Gasteiger partial charge is 0.374 e. The number of aldehydes is 1. The van der Waals surface area contributed by atoms with E-state index in [9.17, 15) is 9.90 Å². The summed E-state index contributed by atoms with van der Waals surface area (Å²) in [6.07, 6.45) is 0.00116. The number of carbonyl (C=O) groups is 1. The number of aliphatic hydroxyl groups excluding tert-OH is 1. The second kappa shape index (κ2) is 5.29. The molecule has 4 nitrogen and oxygen atoms in total. The minimum atomic E-state index is -0.753. The lowest BCUT2D eigenvalue weighted by Crippen LogP contribution is -2.39. The van der Waals surface area contributed by atoms with E-state index in [1.54, 1.807) is 43.0 Å².